The third-order valence-corrected chi connectivity index (χ3v) is 6.97. The van der Waals surface area contributed by atoms with Crippen LogP contribution in [0.15, 0.2) is 60.8 Å². The molecule has 5 aromatic rings. The summed E-state index contributed by atoms with van der Waals surface area (Å²) in [6, 6.07) is 14.4. The van der Waals surface area contributed by atoms with Crippen LogP contribution < -0.4 is 24.3 Å². The van der Waals surface area contributed by atoms with E-state index >= 15 is 0 Å². The summed E-state index contributed by atoms with van der Waals surface area (Å²) in [7, 11) is 6.13. The Balaban J connectivity index is 1.55. The lowest BCUT2D eigenvalue weighted by Gasteiger charge is -2.18. The Bertz CT molecular complexity index is 1710. The number of aromatic nitrogens is 2. The van der Waals surface area contributed by atoms with Gasteiger partial charge in [0.25, 0.3) is 5.91 Å². The van der Waals surface area contributed by atoms with Crippen LogP contribution in [0.1, 0.15) is 15.9 Å². The van der Waals surface area contributed by atoms with E-state index < -0.39 is 11.9 Å². The van der Waals surface area contributed by atoms with Crippen LogP contribution in [0.3, 0.4) is 0 Å². The molecule has 3 aromatic carbocycles. The lowest BCUT2D eigenvalue weighted by atomic mass is 10.0. The van der Waals surface area contributed by atoms with Gasteiger partial charge in [-0.25, -0.2) is 9.37 Å². The van der Waals surface area contributed by atoms with Crippen molar-refractivity contribution in [2.24, 2.45) is 0 Å². The van der Waals surface area contributed by atoms with E-state index in [0.717, 1.165) is 10.9 Å². The number of nitrogens with one attached hydrogen (secondary N) is 2. The van der Waals surface area contributed by atoms with Crippen molar-refractivity contribution >= 4 is 27.7 Å². The summed E-state index contributed by atoms with van der Waals surface area (Å²) in [4.78, 5) is 21.6. The van der Waals surface area contributed by atoms with Gasteiger partial charge in [0.15, 0.2) is 11.5 Å². The highest BCUT2D eigenvalue weighted by molar-refractivity contribution is 6.07. The van der Waals surface area contributed by atoms with E-state index in [2.05, 4.69) is 10.3 Å². The number of pyridine rings is 1. The molecular formula is C31H30FN3O6. The number of hydrogen-bond acceptors (Lipinski definition) is 7. The van der Waals surface area contributed by atoms with Gasteiger partial charge in [-0.3, -0.25) is 4.79 Å². The highest BCUT2D eigenvalue weighted by Gasteiger charge is 2.21. The monoisotopic (exact) mass is 559 g/mol. The molecular weight excluding hydrogens is 529 g/mol. The zero-order valence-corrected chi connectivity index (χ0v) is 23.1. The Morgan fingerprint density at radius 2 is 1.71 bits per heavy atom. The number of H-pyrrole nitrogens is 1. The number of ether oxygens (including phenoxy) is 4. The number of aromatic amines is 1. The van der Waals surface area contributed by atoms with Crippen molar-refractivity contribution in [2.45, 2.75) is 12.5 Å². The van der Waals surface area contributed by atoms with Crippen molar-refractivity contribution in [3.63, 3.8) is 0 Å². The van der Waals surface area contributed by atoms with E-state index in [1.54, 1.807) is 55.8 Å². The molecule has 3 N–H and O–H groups in total. The lowest BCUT2D eigenvalue weighted by Crippen LogP contribution is -2.39. The minimum Gasteiger partial charge on any atom is -0.497 e. The molecule has 1 amide bonds. The number of methoxy groups -OCH3 is 4. The van der Waals surface area contributed by atoms with Gasteiger partial charge in [0.2, 0.25) is 5.75 Å². The van der Waals surface area contributed by atoms with Crippen LogP contribution in [-0.4, -0.2) is 62.1 Å². The Hall–Kier alpha value is -4.83. The molecule has 0 aliphatic heterocycles. The first-order chi connectivity index (χ1) is 19.9. The summed E-state index contributed by atoms with van der Waals surface area (Å²) in [6.45, 7) is -0.300. The van der Waals surface area contributed by atoms with Gasteiger partial charge in [-0.15, -0.1) is 0 Å². The summed E-state index contributed by atoms with van der Waals surface area (Å²) in [6.07, 6.45) is 2.09. The van der Waals surface area contributed by atoms with Gasteiger partial charge in [0, 0.05) is 28.0 Å². The quantitative estimate of drug-likeness (QED) is 0.223. The maximum atomic E-state index is 13.8. The van der Waals surface area contributed by atoms with E-state index in [1.165, 1.54) is 33.5 Å². The fourth-order valence-electron chi connectivity index (χ4n) is 4.91. The highest BCUT2D eigenvalue weighted by atomic mass is 19.1. The molecule has 0 unspecified atom stereocenters. The van der Waals surface area contributed by atoms with Crippen molar-refractivity contribution in [1.82, 2.24) is 15.3 Å². The largest absolute Gasteiger partial charge is 0.497 e. The zero-order valence-electron chi connectivity index (χ0n) is 23.1. The van der Waals surface area contributed by atoms with Crippen molar-refractivity contribution in [3.8, 4) is 34.3 Å². The fourth-order valence-corrected chi connectivity index (χ4v) is 4.91. The fraction of sp³-hybridized carbons (Fsp3) is 0.226. The minimum atomic E-state index is -0.606. The predicted octanol–water partition coefficient (Wildman–Crippen LogP) is 4.89. The number of nitrogens with zero attached hydrogens (tertiary/aromatic N) is 1. The zero-order chi connectivity index (χ0) is 29.1. The second-order valence-electron chi connectivity index (χ2n) is 9.41. The molecule has 0 saturated heterocycles. The van der Waals surface area contributed by atoms with Crippen LogP contribution in [0, 0.1) is 5.82 Å². The van der Waals surface area contributed by atoms with Crippen LogP contribution >= 0.6 is 0 Å². The number of hydrogen-bond donors (Lipinski definition) is 3. The van der Waals surface area contributed by atoms with E-state index in [-0.39, 0.29) is 12.4 Å². The molecule has 0 bridgehead atoms. The van der Waals surface area contributed by atoms with Gasteiger partial charge in [-0.2, -0.15) is 0 Å². The first kappa shape index (κ1) is 27.7. The second kappa shape index (κ2) is 11.7. The SMILES string of the molecule is COc1ccc2nc(-c3cc(OC)c(OC)c(OC)c3)cc(C(=O)N[C@H](CO)Cc3c[nH]c4cc(F)ccc34)c2c1. The molecule has 2 heterocycles. The molecule has 41 heavy (non-hydrogen) atoms. The van der Waals surface area contributed by atoms with Crippen molar-refractivity contribution in [2.75, 3.05) is 35.0 Å². The third kappa shape index (κ3) is 5.46. The Labute approximate surface area is 235 Å². The normalized spacial score (nSPS) is 11.9. The first-order valence-corrected chi connectivity index (χ1v) is 12.9. The molecule has 0 aliphatic carbocycles. The van der Waals surface area contributed by atoms with Gasteiger partial charge >= 0.3 is 0 Å². The number of fused-ring (bicyclic) bond motifs is 2. The summed E-state index contributed by atoms with van der Waals surface area (Å²) < 4.78 is 35.5. The maximum absolute atomic E-state index is 13.8. The average Bonchev–Trinajstić information content (AvgIpc) is 3.39. The highest BCUT2D eigenvalue weighted by Crippen LogP contribution is 2.41. The summed E-state index contributed by atoms with van der Waals surface area (Å²) in [5, 5.41) is 14.5. The standard InChI is InChI=1S/C31H30FN3O6/c1-38-21-6-8-25-23(13-21)24(14-26(35-25)17-10-28(39-2)30(41-4)29(11-17)40-3)31(37)34-20(16-36)9-18-15-33-27-12-19(32)5-7-22(18)27/h5-8,10-15,20,33,36H,9,16H2,1-4H3,(H,34,37)/t20-/m0/s1. The van der Waals surface area contributed by atoms with Crippen molar-refractivity contribution in [3.05, 3.63) is 77.7 Å². The number of carbonyl (C=O) groups is 1. The maximum Gasteiger partial charge on any atom is 0.252 e. The van der Waals surface area contributed by atoms with Gasteiger partial charge in [-0.05, 0) is 66.6 Å². The second-order valence-corrected chi connectivity index (χ2v) is 9.41. The molecule has 212 valence electrons. The summed E-state index contributed by atoms with van der Waals surface area (Å²) in [5.41, 5.74) is 3.56. The Morgan fingerprint density at radius 3 is 2.37 bits per heavy atom. The molecule has 2 aromatic heterocycles. The number of carbonyl (C=O) groups excluding carboxylic acids is 1. The van der Waals surface area contributed by atoms with Crippen LogP contribution in [0.25, 0.3) is 33.1 Å². The predicted molar refractivity (Wildman–Crippen MR) is 154 cm³/mol. The third-order valence-electron chi connectivity index (χ3n) is 6.97. The number of aliphatic hydroxyl groups excluding tert-OH is 1. The summed E-state index contributed by atoms with van der Waals surface area (Å²) >= 11 is 0. The van der Waals surface area contributed by atoms with Crippen LogP contribution in [0.2, 0.25) is 0 Å². The molecule has 0 radical (unpaired) electrons. The first-order valence-electron chi connectivity index (χ1n) is 12.9. The molecule has 5 rings (SSSR count). The molecule has 1 atom stereocenters. The smallest absolute Gasteiger partial charge is 0.252 e. The molecule has 0 fully saturated rings. The summed E-state index contributed by atoms with van der Waals surface area (Å²) in [5.74, 6) is 1.16. The van der Waals surface area contributed by atoms with Gasteiger partial charge in [-0.1, -0.05) is 0 Å². The molecule has 0 spiro atoms. The Kier molecular flexibility index (Phi) is 7.93. The number of halogens is 1. The minimum absolute atomic E-state index is 0.300. The van der Waals surface area contributed by atoms with E-state index in [9.17, 15) is 14.3 Å². The van der Waals surface area contributed by atoms with Gasteiger partial charge in [0.1, 0.15) is 11.6 Å². The number of rotatable bonds is 10. The molecule has 10 heteroatoms. The van der Waals surface area contributed by atoms with E-state index in [1.807, 2.05) is 0 Å². The number of benzene rings is 3. The molecule has 0 saturated carbocycles. The van der Waals surface area contributed by atoms with Crippen molar-refractivity contribution < 1.29 is 33.2 Å². The van der Waals surface area contributed by atoms with E-state index in [4.69, 9.17) is 23.9 Å². The topological polar surface area (TPSA) is 115 Å². The number of aliphatic hydroxyl groups is 1. The number of amides is 1. The molecule has 0 aliphatic rings. The lowest BCUT2D eigenvalue weighted by molar-refractivity contribution is 0.0918. The van der Waals surface area contributed by atoms with Crippen molar-refractivity contribution in [1.29, 1.82) is 0 Å². The van der Waals surface area contributed by atoms with Crippen LogP contribution in [0.4, 0.5) is 4.39 Å². The van der Waals surface area contributed by atoms with E-state index in [0.29, 0.717) is 62.7 Å². The average molecular weight is 560 g/mol. The molecule has 9 nitrogen and oxygen atoms in total. The van der Waals surface area contributed by atoms with Gasteiger partial charge in [0.05, 0.1) is 57.9 Å². The van der Waals surface area contributed by atoms with Crippen LogP contribution in [-0.2, 0) is 6.42 Å². The van der Waals surface area contributed by atoms with Crippen LogP contribution in [0.5, 0.6) is 23.0 Å². The van der Waals surface area contributed by atoms with Gasteiger partial charge < -0.3 is 34.4 Å². The Morgan fingerprint density at radius 1 is 0.951 bits per heavy atom.